The van der Waals surface area contributed by atoms with Gasteiger partial charge in [-0.1, -0.05) is 59.4 Å². The summed E-state index contributed by atoms with van der Waals surface area (Å²) in [6, 6.07) is 12.0. The minimum Gasteiger partial charge on any atom is -0.467 e. The number of nitrogens with zero attached hydrogens (tertiary/aromatic N) is 4. The summed E-state index contributed by atoms with van der Waals surface area (Å²) in [6.07, 6.45) is 2.66. The second-order valence-electron chi connectivity index (χ2n) is 5.66. The first-order chi connectivity index (χ1) is 13.3. The average molecular weight is 400 g/mol. The molecule has 4 rings (SSSR count). The highest BCUT2D eigenvalue weighted by molar-refractivity contribution is 8.00. The van der Waals surface area contributed by atoms with Crippen molar-refractivity contribution in [3.8, 4) is 11.4 Å². The van der Waals surface area contributed by atoms with Crippen molar-refractivity contribution < 1.29 is 8.94 Å². The van der Waals surface area contributed by atoms with Crippen LogP contribution in [0.3, 0.4) is 0 Å². The summed E-state index contributed by atoms with van der Waals surface area (Å²) in [6.45, 7) is 2.71. The van der Waals surface area contributed by atoms with Gasteiger partial charge in [0.15, 0.2) is 4.34 Å². The third-order valence-corrected chi connectivity index (χ3v) is 5.81. The summed E-state index contributed by atoms with van der Waals surface area (Å²) < 4.78 is 11.5. The Labute approximate surface area is 164 Å². The predicted octanol–water partition coefficient (Wildman–Crippen LogP) is 4.65. The minimum absolute atomic E-state index is 0.548. The van der Waals surface area contributed by atoms with Gasteiger partial charge < -0.3 is 14.3 Å². The molecule has 0 unspecified atom stereocenters. The van der Waals surface area contributed by atoms with Gasteiger partial charge in [-0.3, -0.25) is 0 Å². The Hall–Kier alpha value is -2.65. The molecule has 0 aliphatic rings. The van der Waals surface area contributed by atoms with E-state index in [-0.39, 0.29) is 0 Å². The second-order valence-corrected chi connectivity index (χ2v) is 7.86. The number of thioether (sulfide) groups is 1. The molecule has 27 heavy (non-hydrogen) atoms. The van der Waals surface area contributed by atoms with Crippen molar-refractivity contribution in [2.45, 2.75) is 30.0 Å². The molecule has 0 bridgehead atoms. The third kappa shape index (κ3) is 4.55. The average Bonchev–Trinajstić information content (AvgIpc) is 3.47. The Morgan fingerprint density at radius 1 is 1.15 bits per heavy atom. The van der Waals surface area contributed by atoms with E-state index in [9.17, 15) is 0 Å². The normalized spacial score (nSPS) is 11.0. The monoisotopic (exact) mass is 399 g/mol. The molecule has 1 aromatic carbocycles. The maximum atomic E-state index is 5.35. The van der Waals surface area contributed by atoms with E-state index < -0.39 is 0 Å². The largest absolute Gasteiger partial charge is 0.467 e. The molecule has 0 saturated carbocycles. The number of anilines is 1. The van der Waals surface area contributed by atoms with Crippen molar-refractivity contribution >= 4 is 28.2 Å². The molecule has 0 fully saturated rings. The molecular weight excluding hydrogens is 382 g/mol. The number of nitrogens with one attached hydrogen (secondary N) is 1. The second kappa shape index (κ2) is 8.36. The summed E-state index contributed by atoms with van der Waals surface area (Å²) in [5.41, 5.74) is 2.23. The summed E-state index contributed by atoms with van der Waals surface area (Å²) in [5.74, 6) is 2.57. The summed E-state index contributed by atoms with van der Waals surface area (Å²) in [5, 5.41) is 16.3. The zero-order valence-electron chi connectivity index (χ0n) is 14.6. The molecule has 9 heteroatoms. The van der Waals surface area contributed by atoms with Crippen LogP contribution in [-0.2, 0) is 18.7 Å². The lowest BCUT2D eigenvalue weighted by atomic mass is 10.1. The number of furan rings is 1. The highest BCUT2D eigenvalue weighted by Gasteiger charge is 2.11. The van der Waals surface area contributed by atoms with Crippen LogP contribution in [0.2, 0.25) is 0 Å². The van der Waals surface area contributed by atoms with Crippen molar-refractivity contribution in [3.05, 3.63) is 59.9 Å². The molecule has 1 N–H and O–H groups in total. The first-order valence-electron chi connectivity index (χ1n) is 8.44. The molecule has 0 amide bonds. The van der Waals surface area contributed by atoms with Gasteiger partial charge in [0.05, 0.1) is 18.6 Å². The number of rotatable bonds is 8. The molecule has 0 spiro atoms. The molecule has 3 aromatic heterocycles. The Morgan fingerprint density at radius 3 is 2.81 bits per heavy atom. The predicted molar refractivity (Wildman–Crippen MR) is 105 cm³/mol. The minimum atomic E-state index is 0.548. The van der Waals surface area contributed by atoms with Crippen LogP contribution in [-0.4, -0.2) is 20.3 Å². The summed E-state index contributed by atoms with van der Waals surface area (Å²) >= 11 is 3.00. The van der Waals surface area contributed by atoms with Crippen LogP contribution in [0.25, 0.3) is 11.4 Å². The van der Waals surface area contributed by atoms with Gasteiger partial charge in [0.2, 0.25) is 16.8 Å². The molecule has 4 aromatic rings. The smallest absolute Gasteiger partial charge is 0.237 e. The highest BCUT2D eigenvalue weighted by atomic mass is 32.2. The SMILES string of the molecule is CCc1ccc(-c2noc(CSc3nnc(NCc4ccco4)s3)n2)cc1. The molecule has 0 aliphatic heterocycles. The van der Waals surface area contributed by atoms with Gasteiger partial charge in [-0.15, -0.1) is 10.2 Å². The fraction of sp³-hybridized carbons (Fsp3) is 0.222. The highest BCUT2D eigenvalue weighted by Crippen LogP contribution is 2.28. The Morgan fingerprint density at radius 2 is 2.04 bits per heavy atom. The van der Waals surface area contributed by atoms with Crippen LogP contribution in [0.5, 0.6) is 0 Å². The van der Waals surface area contributed by atoms with Crippen molar-refractivity contribution in [1.29, 1.82) is 0 Å². The van der Waals surface area contributed by atoms with E-state index in [4.69, 9.17) is 8.94 Å². The molecule has 0 aliphatic carbocycles. The topological polar surface area (TPSA) is 89.9 Å². The van der Waals surface area contributed by atoms with E-state index in [1.807, 2.05) is 24.3 Å². The van der Waals surface area contributed by atoms with Crippen molar-refractivity contribution in [3.63, 3.8) is 0 Å². The van der Waals surface area contributed by atoms with Gasteiger partial charge in [-0.2, -0.15) is 4.98 Å². The fourth-order valence-electron chi connectivity index (χ4n) is 2.36. The molecule has 0 radical (unpaired) electrons. The fourth-order valence-corrected chi connectivity index (χ4v) is 3.94. The Kier molecular flexibility index (Phi) is 5.50. The quantitative estimate of drug-likeness (QED) is 0.428. The van der Waals surface area contributed by atoms with Gasteiger partial charge in [-0.25, -0.2) is 0 Å². The van der Waals surface area contributed by atoms with Gasteiger partial charge in [0, 0.05) is 5.56 Å². The van der Waals surface area contributed by atoms with E-state index >= 15 is 0 Å². The molecule has 3 heterocycles. The zero-order valence-corrected chi connectivity index (χ0v) is 16.2. The number of benzene rings is 1. The summed E-state index contributed by atoms with van der Waals surface area (Å²) in [7, 11) is 0. The Bertz CT molecular complexity index is 980. The first kappa shape index (κ1) is 17.7. The van der Waals surface area contributed by atoms with Crippen molar-refractivity contribution in [2.75, 3.05) is 5.32 Å². The maximum absolute atomic E-state index is 5.35. The first-order valence-corrected chi connectivity index (χ1v) is 10.2. The van der Waals surface area contributed by atoms with Crippen LogP contribution in [0, 0.1) is 0 Å². The van der Waals surface area contributed by atoms with Crippen LogP contribution in [0.1, 0.15) is 24.1 Å². The van der Waals surface area contributed by atoms with Crippen LogP contribution in [0.15, 0.2) is 55.9 Å². The van der Waals surface area contributed by atoms with Crippen LogP contribution >= 0.6 is 23.1 Å². The van der Waals surface area contributed by atoms with Crippen LogP contribution < -0.4 is 5.32 Å². The number of aryl methyl sites for hydroxylation is 1. The van der Waals surface area contributed by atoms with Crippen LogP contribution in [0.4, 0.5) is 5.13 Å². The van der Waals surface area contributed by atoms with Gasteiger partial charge in [-0.05, 0) is 24.1 Å². The molecular formula is C18H17N5O2S2. The molecule has 0 saturated heterocycles. The maximum Gasteiger partial charge on any atom is 0.237 e. The lowest BCUT2D eigenvalue weighted by molar-refractivity contribution is 0.391. The van der Waals surface area contributed by atoms with Gasteiger partial charge >= 0.3 is 0 Å². The Balaban J connectivity index is 1.32. The van der Waals surface area contributed by atoms with E-state index in [1.165, 1.54) is 28.7 Å². The molecule has 7 nitrogen and oxygen atoms in total. The van der Waals surface area contributed by atoms with Gasteiger partial charge in [0.25, 0.3) is 0 Å². The van der Waals surface area contributed by atoms with E-state index in [0.29, 0.717) is 24.0 Å². The lowest BCUT2D eigenvalue weighted by Gasteiger charge is -1.97. The van der Waals surface area contributed by atoms with E-state index in [2.05, 4.69) is 44.7 Å². The van der Waals surface area contributed by atoms with Crippen molar-refractivity contribution in [2.24, 2.45) is 0 Å². The molecule has 138 valence electrons. The lowest BCUT2D eigenvalue weighted by Crippen LogP contribution is -1.96. The standard InChI is InChI=1S/C18H17N5O2S2/c1-2-12-5-7-13(8-6-12)16-20-15(25-23-16)11-26-18-22-21-17(27-18)19-10-14-4-3-9-24-14/h3-9H,2,10-11H2,1H3,(H,19,21). The number of hydrogen-bond donors (Lipinski definition) is 1. The number of aromatic nitrogens is 4. The summed E-state index contributed by atoms with van der Waals surface area (Å²) in [4.78, 5) is 4.46. The zero-order chi connectivity index (χ0) is 18.5. The van der Waals surface area contributed by atoms with Crippen molar-refractivity contribution in [1.82, 2.24) is 20.3 Å². The molecule has 0 atom stereocenters. The number of hydrogen-bond acceptors (Lipinski definition) is 9. The van der Waals surface area contributed by atoms with E-state index in [1.54, 1.807) is 6.26 Å². The van der Waals surface area contributed by atoms with E-state index in [0.717, 1.165) is 27.2 Å². The van der Waals surface area contributed by atoms with Gasteiger partial charge in [0.1, 0.15) is 5.76 Å². The third-order valence-electron chi connectivity index (χ3n) is 3.81.